The first-order chi connectivity index (χ1) is 14.9. The molecule has 0 aliphatic carbocycles. The Morgan fingerprint density at radius 1 is 0.935 bits per heavy atom. The molecule has 0 spiro atoms. The van der Waals surface area contributed by atoms with Crippen molar-refractivity contribution >= 4 is 39.4 Å². The number of aryl methyl sites for hydroxylation is 1. The summed E-state index contributed by atoms with van der Waals surface area (Å²) in [7, 11) is 0. The van der Waals surface area contributed by atoms with Crippen molar-refractivity contribution in [2.75, 3.05) is 6.54 Å². The second kappa shape index (κ2) is 6.80. The maximum atomic E-state index is 13.4. The van der Waals surface area contributed by atoms with E-state index >= 15 is 0 Å². The predicted octanol–water partition coefficient (Wildman–Crippen LogP) is 4.28. The minimum Gasteiger partial charge on any atom is -0.358 e. The summed E-state index contributed by atoms with van der Waals surface area (Å²) in [6.45, 7) is 3.20. The lowest BCUT2D eigenvalue weighted by Crippen LogP contribution is -2.41. The lowest BCUT2D eigenvalue weighted by atomic mass is 9.87. The molecule has 0 saturated carbocycles. The van der Waals surface area contributed by atoms with Crippen molar-refractivity contribution in [3.8, 4) is 0 Å². The van der Waals surface area contributed by atoms with Gasteiger partial charge in [-0.15, -0.1) is 0 Å². The van der Waals surface area contributed by atoms with Gasteiger partial charge in [0.1, 0.15) is 5.54 Å². The summed E-state index contributed by atoms with van der Waals surface area (Å²) in [6, 6.07) is 20.3. The summed E-state index contributed by atoms with van der Waals surface area (Å²) < 4.78 is 0. The number of hydrogen-bond acceptors (Lipinski definition) is 3. The van der Waals surface area contributed by atoms with Gasteiger partial charge in [-0.3, -0.25) is 14.5 Å². The number of nitrogens with zero attached hydrogens (tertiary/aromatic N) is 1. The average Bonchev–Trinajstić information content (AvgIpc) is 3.21. The van der Waals surface area contributed by atoms with E-state index in [0.717, 1.165) is 32.3 Å². The van der Waals surface area contributed by atoms with Crippen molar-refractivity contribution in [1.29, 1.82) is 0 Å². The van der Waals surface area contributed by atoms with E-state index in [4.69, 9.17) is 0 Å². The van der Waals surface area contributed by atoms with E-state index in [0.29, 0.717) is 11.1 Å². The van der Waals surface area contributed by atoms with Gasteiger partial charge in [0.25, 0.3) is 5.91 Å². The Morgan fingerprint density at radius 3 is 2.42 bits per heavy atom. The van der Waals surface area contributed by atoms with Crippen LogP contribution < -0.4 is 5.32 Å². The van der Waals surface area contributed by atoms with E-state index in [-0.39, 0.29) is 12.3 Å². The third-order valence-corrected chi connectivity index (χ3v) is 6.08. The number of imide groups is 1. The van der Waals surface area contributed by atoms with Crippen LogP contribution in [-0.2, 0) is 10.3 Å². The minimum atomic E-state index is -1.24. The zero-order chi connectivity index (χ0) is 21.8. The number of aromatic nitrogens is 1. The van der Waals surface area contributed by atoms with Crippen molar-refractivity contribution in [3.63, 3.8) is 0 Å². The van der Waals surface area contributed by atoms with Gasteiger partial charge >= 0.3 is 6.03 Å². The molecule has 2 heterocycles. The summed E-state index contributed by atoms with van der Waals surface area (Å²) in [6.07, 6.45) is 0. The van der Waals surface area contributed by atoms with Crippen LogP contribution in [0, 0.1) is 6.92 Å². The SMILES string of the molecule is Cc1[nH]c2ccccc2c1C(=O)CN1C(=O)N[C@@](C)(c2cccc3ccccc23)C1=O. The third kappa shape index (κ3) is 2.83. The number of urea groups is 1. The van der Waals surface area contributed by atoms with Gasteiger partial charge < -0.3 is 10.3 Å². The highest BCUT2D eigenvalue weighted by Gasteiger charge is 2.50. The van der Waals surface area contributed by atoms with Crippen LogP contribution in [0.1, 0.15) is 28.5 Å². The molecule has 31 heavy (non-hydrogen) atoms. The summed E-state index contributed by atoms with van der Waals surface area (Å²) in [5.74, 6) is -0.708. The van der Waals surface area contributed by atoms with E-state index in [2.05, 4.69) is 10.3 Å². The average molecular weight is 411 g/mol. The first-order valence-electron chi connectivity index (χ1n) is 10.1. The van der Waals surface area contributed by atoms with E-state index in [1.165, 1.54) is 0 Å². The van der Waals surface area contributed by atoms with Crippen LogP contribution in [0.4, 0.5) is 4.79 Å². The fourth-order valence-electron chi connectivity index (χ4n) is 4.54. The van der Waals surface area contributed by atoms with Crippen LogP contribution in [0.3, 0.4) is 0 Å². The minimum absolute atomic E-state index is 0.277. The number of rotatable bonds is 4. The number of ketones is 1. The van der Waals surface area contributed by atoms with Gasteiger partial charge in [-0.2, -0.15) is 0 Å². The Labute approximate surface area is 178 Å². The van der Waals surface area contributed by atoms with E-state index in [9.17, 15) is 14.4 Å². The Kier molecular flexibility index (Phi) is 4.18. The number of fused-ring (bicyclic) bond motifs is 2. The van der Waals surface area contributed by atoms with Gasteiger partial charge in [0.05, 0.1) is 6.54 Å². The maximum Gasteiger partial charge on any atom is 0.325 e. The largest absolute Gasteiger partial charge is 0.358 e. The lowest BCUT2D eigenvalue weighted by Gasteiger charge is -2.24. The fourth-order valence-corrected chi connectivity index (χ4v) is 4.54. The first-order valence-corrected chi connectivity index (χ1v) is 10.1. The monoisotopic (exact) mass is 411 g/mol. The number of carbonyl (C=O) groups is 3. The standard InChI is InChI=1S/C25H21N3O3/c1-15-22(18-11-5-6-13-20(18)26-15)21(29)14-28-23(30)25(2,27-24(28)31)19-12-7-9-16-8-3-4-10-17(16)19/h3-13,26H,14H2,1-2H3,(H,27,31)/t25-/m0/s1. The quantitative estimate of drug-likeness (QED) is 0.388. The molecular formula is C25H21N3O3. The van der Waals surface area contributed by atoms with Gasteiger partial charge in [-0.25, -0.2) is 4.79 Å². The number of amides is 3. The number of H-pyrrole nitrogens is 1. The maximum absolute atomic E-state index is 13.4. The van der Waals surface area contributed by atoms with Gasteiger partial charge in [0.2, 0.25) is 0 Å². The third-order valence-electron chi connectivity index (χ3n) is 6.08. The molecule has 6 heteroatoms. The zero-order valence-corrected chi connectivity index (χ0v) is 17.2. The molecule has 3 aromatic carbocycles. The Hall–Kier alpha value is -3.93. The number of hydrogen-bond donors (Lipinski definition) is 2. The van der Waals surface area contributed by atoms with Crippen LogP contribution in [0.5, 0.6) is 0 Å². The molecule has 6 nitrogen and oxygen atoms in total. The normalized spacial score (nSPS) is 18.7. The van der Waals surface area contributed by atoms with Gasteiger partial charge in [-0.05, 0) is 36.2 Å². The Morgan fingerprint density at radius 2 is 1.61 bits per heavy atom. The molecule has 1 aromatic heterocycles. The van der Waals surface area contributed by atoms with Gasteiger partial charge in [-0.1, -0.05) is 60.7 Å². The molecule has 0 bridgehead atoms. The number of carbonyl (C=O) groups excluding carboxylic acids is 3. The molecule has 0 radical (unpaired) electrons. The Balaban J connectivity index is 1.50. The topological polar surface area (TPSA) is 82.3 Å². The fraction of sp³-hybridized carbons (Fsp3) is 0.160. The highest BCUT2D eigenvalue weighted by atomic mass is 16.2. The van der Waals surface area contributed by atoms with Crippen molar-refractivity contribution in [2.45, 2.75) is 19.4 Å². The first kappa shape index (κ1) is 19.1. The summed E-state index contributed by atoms with van der Waals surface area (Å²) >= 11 is 0. The molecule has 2 N–H and O–H groups in total. The van der Waals surface area contributed by atoms with E-state index in [1.54, 1.807) is 6.92 Å². The predicted molar refractivity (Wildman–Crippen MR) is 119 cm³/mol. The summed E-state index contributed by atoms with van der Waals surface area (Å²) in [5.41, 5.74) is 1.54. The molecule has 1 fully saturated rings. The van der Waals surface area contributed by atoms with Crippen molar-refractivity contribution < 1.29 is 14.4 Å². The van der Waals surface area contributed by atoms with Crippen molar-refractivity contribution in [1.82, 2.24) is 15.2 Å². The molecule has 4 aromatic rings. The Bertz CT molecular complexity index is 1380. The van der Waals surface area contributed by atoms with E-state index in [1.807, 2.05) is 73.7 Å². The van der Waals surface area contributed by atoms with Crippen LogP contribution in [0.25, 0.3) is 21.7 Å². The molecule has 3 amide bonds. The van der Waals surface area contributed by atoms with Crippen molar-refractivity contribution in [3.05, 3.63) is 83.6 Å². The molecule has 0 unspecified atom stereocenters. The highest BCUT2D eigenvalue weighted by Crippen LogP contribution is 2.34. The zero-order valence-electron chi connectivity index (χ0n) is 17.2. The number of nitrogens with one attached hydrogen (secondary N) is 2. The molecule has 154 valence electrons. The molecule has 1 aliphatic rings. The second-order valence-corrected chi connectivity index (χ2v) is 8.07. The number of benzene rings is 3. The van der Waals surface area contributed by atoms with Gasteiger partial charge in [0, 0.05) is 22.2 Å². The smallest absolute Gasteiger partial charge is 0.325 e. The van der Waals surface area contributed by atoms with E-state index < -0.39 is 17.5 Å². The summed E-state index contributed by atoms with van der Waals surface area (Å²) in [5, 5.41) is 5.47. The van der Waals surface area contributed by atoms with Crippen LogP contribution >= 0.6 is 0 Å². The van der Waals surface area contributed by atoms with Crippen LogP contribution in [0.15, 0.2) is 66.7 Å². The summed E-state index contributed by atoms with van der Waals surface area (Å²) in [4.78, 5) is 43.6. The molecular weight excluding hydrogens is 390 g/mol. The molecule has 1 aliphatic heterocycles. The highest BCUT2D eigenvalue weighted by molar-refractivity contribution is 6.15. The molecule has 1 atom stereocenters. The number of Topliss-reactive ketones (excluding diaryl/α,β-unsaturated/α-hetero) is 1. The number of para-hydroxylation sites is 1. The second-order valence-electron chi connectivity index (χ2n) is 8.07. The number of aromatic amines is 1. The van der Waals surface area contributed by atoms with Crippen molar-refractivity contribution in [2.24, 2.45) is 0 Å². The van der Waals surface area contributed by atoms with Crippen LogP contribution in [-0.4, -0.2) is 34.2 Å². The molecule has 1 saturated heterocycles. The van der Waals surface area contributed by atoms with Gasteiger partial charge in [0.15, 0.2) is 5.78 Å². The van der Waals surface area contributed by atoms with Crippen LogP contribution in [0.2, 0.25) is 0 Å². The lowest BCUT2D eigenvalue weighted by molar-refractivity contribution is -0.130. The molecule has 5 rings (SSSR count).